The van der Waals surface area contributed by atoms with Crippen LogP contribution in [-0.2, 0) is 11.2 Å². The molecular weight excluding hydrogens is 452 g/mol. The summed E-state index contributed by atoms with van der Waals surface area (Å²) in [6, 6.07) is 16.1. The van der Waals surface area contributed by atoms with Crippen molar-refractivity contribution in [2.24, 2.45) is 5.92 Å². The van der Waals surface area contributed by atoms with Gasteiger partial charge in [-0.2, -0.15) is 10.2 Å². The number of benzene rings is 2. The molecule has 0 saturated carbocycles. The number of amides is 1. The van der Waals surface area contributed by atoms with Crippen LogP contribution in [0.1, 0.15) is 17.5 Å². The van der Waals surface area contributed by atoms with Crippen molar-refractivity contribution in [3.8, 4) is 34.5 Å². The third-order valence-electron chi connectivity index (χ3n) is 7.18. The van der Waals surface area contributed by atoms with E-state index in [9.17, 15) is 10.1 Å². The minimum atomic E-state index is 0.0832. The lowest BCUT2D eigenvalue weighted by Gasteiger charge is -2.17. The number of imidazole rings is 1. The minimum absolute atomic E-state index is 0.0832. The second kappa shape index (κ2) is 8.77. The number of nitrogens with zero attached hydrogens (tertiary/aromatic N) is 6. The van der Waals surface area contributed by atoms with E-state index < -0.39 is 0 Å². The van der Waals surface area contributed by atoms with Crippen molar-refractivity contribution >= 4 is 17.2 Å². The Morgan fingerprint density at radius 2 is 1.94 bits per heavy atom. The number of nitriles is 1. The zero-order valence-corrected chi connectivity index (χ0v) is 20.3. The quantitative estimate of drug-likeness (QED) is 0.434. The summed E-state index contributed by atoms with van der Waals surface area (Å²) in [6.45, 7) is 2.67. The van der Waals surface area contributed by atoms with Crippen LogP contribution in [0.15, 0.2) is 54.9 Å². The first-order valence-electron chi connectivity index (χ1n) is 12.1. The first-order chi connectivity index (χ1) is 17.5. The molecule has 8 nitrogen and oxygen atoms in total. The standard InChI is InChI=1S/C28H26N6O2/c1-32-11-9-19(16-32)17-36-28-31-26(20-5-3-18(15-29)4-6-20)25(27-30-10-12-34(27)28)21-7-8-23-22(13-21)14-24(35)33(23)2/h3-8,10,12-13,19H,9,11,14,16-17H2,1-2H3/t19-/m1/s1. The zero-order valence-electron chi connectivity index (χ0n) is 20.3. The molecule has 0 bridgehead atoms. The molecular formula is C28H26N6O2. The number of hydrogen-bond donors (Lipinski definition) is 0. The topological polar surface area (TPSA) is 86.8 Å². The van der Waals surface area contributed by atoms with E-state index in [0.717, 1.165) is 58.8 Å². The third-order valence-corrected chi connectivity index (χ3v) is 7.18. The SMILES string of the molecule is CN1CC[C@@H](COc2nc(-c3ccc(C#N)cc3)c(-c3ccc4c(c3)CC(=O)N4C)c3nccn23)C1. The number of carbonyl (C=O) groups is 1. The van der Waals surface area contributed by atoms with Crippen LogP contribution in [0, 0.1) is 17.2 Å². The van der Waals surface area contributed by atoms with Gasteiger partial charge in [-0.05, 0) is 55.4 Å². The first kappa shape index (κ1) is 22.3. The predicted molar refractivity (Wildman–Crippen MR) is 137 cm³/mol. The Kier molecular flexibility index (Phi) is 5.42. The van der Waals surface area contributed by atoms with Gasteiger partial charge in [0, 0.05) is 43.2 Å². The lowest BCUT2D eigenvalue weighted by atomic mass is 9.97. The van der Waals surface area contributed by atoms with E-state index in [1.807, 2.05) is 34.9 Å². The van der Waals surface area contributed by atoms with Crippen molar-refractivity contribution in [3.05, 3.63) is 66.0 Å². The molecule has 0 spiro atoms. The summed E-state index contributed by atoms with van der Waals surface area (Å²) in [4.78, 5) is 26.0. The highest BCUT2D eigenvalue weighted by molar-refractivity contribution is 6.02. The van der Waals surface area contributed by atoms with Crippen LogP contribution in [0.4, 0.5) is 5.69 Å². The van der Waals surface area contributed by atoms with Crippen LogP contribution < -0.4 is 9.64 Å². The molecule has 1 atom stereocenters. The average molecular weight is 479 g/mol. The van der Waals surface area contributed by atoms with Crippen LogP contribution in [0.2, 0.25) is 0 Å². The van der Waals surface area contributed by atoms with Gasteiger partial charge in [-0.25, -0.2) is 4.98 Å². The molecule has 2 aliphatic heterocycles. The van der Waals surface area contributed by atoms with Gasteiger partial charge in [-0.15, -0.1) is 0 Å². The molecule has 4 heterocycles. The smallest absolute Gasteiger partial charge is 0.302 e. The Hall–Kier alpha value is -4.22. The van der Waals surface area contributed by atoms with E-state index in [4.69, 9.17) is 14.7 Å². The second-order valence-corrected chi connectivity index (χ2v) is 9.63. The predicted octanol–water partition coefficient (Wildman–Crippen LogP) is 3.78. The fourth-order valence-electron chi connectivity index (χ4n) is 5.21. The normalized spacial score (nSPS) is 17.5. The second-order valence-electron chi connectivity index (χ2n) is 9.63. The zero-order chi connectivity index (χ0) is 24.8. The molecule has 1 fully saturated rings. The summed E-state index contributed by atoms with van der Waals surface area (Å²) >= 11 is 0. The molecule has 6 rings (SSSR count). The van der Waals surface area contributed by atoms with Crippen LogP contribution in [0.25, 0.3) is 28.0 Å². The number of anilines is 1. The van der Waals surface area contributed by atoms with Crippen molar-refractivity contribution < 1.29 is 9.53 Å². The highest BCUT2D eigenvalue weighted by Gasteiger charge is 2.27. The van der Waals surface area contributed by atoms with Gasteiger partial charge in [0.2, 0.25) is 5.91 Å². The Morgan fingerprint density at radius 1 is 1.14 bits per heavy atom. The van der Waals surface area contributed by atoms with Gasteiger partial charge in [0.25, 0.3) is 0 Å². The third kappa shape index (κ3) is 3.78. The molecule has 2 aromatic heterocycles. The number of likely N-dealkylation sites (tertiary alicyclic amines) is 1. The van der Waals surface area contributed by atoms with Crippen molar-refractivity contribution in [1.29, 1.82) is 5.26 Å². The van der Waals surface area contributed by atoms with Crippen molar-refractivity contribution in [2.45, 2.75) is 12.8 Å². The Bertz CT molecular complexity index is 1520. The van der Waals surface area contributed by atoms with E-state index in [1.54, 1.807) is 30.3 Å². The number of hydrogen-bond acceptors (Lipinski definition) is 6. The molecule has 0 unspecified atom stereocenters. The fourth-order valence-corrected chi connectivity index (χ4v) is 5.21. The van der Waals surface area contributed by atoms with E-state index in [1.165, 1.54) is 0 Å². The van der Waals surface area contributed by atoms with Crippen molar-refractivity contribution in [2.75, 3.05) is 38.7 Å². The van der Waals surface area contributed by atoms with Crippen LogP contribution in [0.5, 0.6) is 6.01 Å². The summed E-state index contributed by atoms with van der Waals surface area (Å²) in [7, 11) is 3.94. The molecule has 2 aromatic carbocycles. The summed E-state index contributed by atoms with van der Waals surface area (Å²) < 4.78 is 8.19. The Balaban J connectivity index is 1.49. The van der Waals surface area contributed by atoms with Crippen LogP contribution in [-0.4, -0.2) is 59.0 Å². The number of ether oxygens (including phenoxy) is 1. The first-order valence-corrected chi connectivity index (χ1v) is 12.1. The van der Waals surface area contributed by atoms with Crippen LogP contribution in [0.3, 0.4) is 0 Å². The van der Waals surface area contributed by atoms with Gasteiger partial charge in [0.05, 0.1) is 35.9 Å². The Morgan fingerprint density at radius 3 is 2.69 bits per heavy atom. The number of aromatic nitrogens is 3. The van der Waals surface area contributed by atoms with Crippen molar-refractivity contribution in [1.82, 2.24) is 19.3 Å². The van der Waals surface area contributed by atoms with E-state index in [-0.39, 0.29) is 5.91 Å². The van der Waals surface area contributed by atoms with E-state index in [0.29, 0.717) is 30.5 Å². The van der Waals surface area contributed by atoms with Gasteiger partial charge >= 0.3 is 6.01 Å². The molecule has 8 heteroatoms. The Labute approximate surface area is 209 Å². The largest absolute Gasteiger partial charge is 0.464 e. The van der Waals surface area contributed by atoms with Gasteiger partial charge in [0.15, 0.2) is 5.65 Å². The number of rotatable bonds is 5. The molecule has 180 valence electrons. The van der Waals surface area contributed by atoms with E-state index in [2.05, 4.69) is 24.1 Å². The number of carbonyl (C=O) groups excluding carboxylic acids is 1. The van der Waals surface area contributed by atoms with Gasteiger partial charge < -0.3 is 14.5 Å². The summed E-state index contributed by atoms with van der Waals surface area (Å²) in [6.07, 6.45) is 5.10. The molecule has 0 N–H and O–H groups in total. The lowest BCUT2D eigenvalue weighted by molar-refractivity contribution is -0.117. The highest BCUT2D eigenvalue weighted by Crippen LogP contribution is 2.39. The minimum Gasteiger partial charge on any atom is -0.464 e. The summed E-state index contributed by atoms with van der Waals surface area (Å²) in [5.41, 5.74) is 6.64. The maximum atomic E-state index is 12.3. The molecule has 36 heavy (non-hydrogen) atoms. The fraction of sp³-hybridized carbons (Fsp3) is 0.286. The average Bonchev–Trinajstić information content (AvgIpc) is 3.61. The van der Waals surface area contributed by atoms with E-state index >= 15 is 0 Å². The monoisotopic (exact) mass is 478 g/mol. The van der Waals surface area contributed by atoms with Gasteiger partial charge in [0.1, 0.15) is 0 Å². The number of fused-ring (bicyclic) bond motifs is 2. The molecule has 0 aliphatic carbocycles. The molecule has 1 amide bonds. The van der Waals surface area contributed by atoms with Gasteiger partial charge in [-0.1, -0.05) is 18.2 Å². The molecule has 4 aromatic rings. The summed E-state index contributed by atoms with van der Waals surface area (Å²) in [5, 5.41) is 9.28. The van der Waals surface area contributed by atoms with Crippen molar-refractivity contribution in [3.63, 3.8) is 0 Å². The highest BCUT2D eigenvalue weighted by atomic mass is 16.5. The molecule has 2 aliphatic rings. The summed E-state index contributed by atoms with van der Waals surface area (Å²) in [5.74, 6) is 0.541. The van der Waals surface area contributed by atoms with Crippen LogP contribution >= 0.6 is 0 Å². The van der Waals surface area contributed by atoms with Gasteiger partial charge in [-0.3, -0.25) is 9.20 Å². The number of likely N-dealkylation sites (N-methyl/N-ethyl adjacent to an activating group) is 1. The maximum absolute atomic E-state index is 12.3. The maximum Gasteiger partial charge on any atom is 0.302 e. The molecule has 1 saturated heterocycles. The lowest BCUT2D eigenvalue weighted by Crippen LogP contribution is -2.20. The molecule has 0 radical (unpaired) electrons.